The van der Waals surface area contributed by atoms with Crippen LogP contribution < -0.4 is 0 Å². The first-order chi connectivity index (χ1) is 8.24. The van der Waals surface area contributed by atoms with Crippen molar-refractivity contribution in [2.24, 2.45) is 5.92 Å². The van der Waals surface area contributed by atoms with Gasteiger partial charge in [0.1, 0.15) is 0 Å². The van der Waals surface area contributed by atoms with E-state index in [1.54, 1.807) is 6.61 Å². The van der Waals surface area contributed by atoms with Crippen LogP contribution in [0.1, 0.15) is 27.7 Å². The van der Waals surface area contributed by atoms with Crippen LogP contribution in [-0.4, -0.2) is 33.1 Å². The van der Waals surface area contributed by atoms with E-state index < -0.39 is 8.32 Å². The van der Waals surface area contributed by atoms with Crippen LogP contribution in [0.4, 0.5) is 0 Å². The van der Waals surface area contributed by atoms with Gasteiger partial charge >= 0.3 is 0 Å². The molecule has 1 saturated heterocycles. The Morgan fingerprint density at radius 2 is 2.00 bits per heavy atom. The molecule has 1 fully saturated rings. The molecule has 0 aromatic rings. The third-order valence-electron chi connectivity index (χ3n) is 3.80. The zero-order valence-electron chi connectivity index (χ0n) is 12.7. The zero-order chi connectivity index (χ0) is 13.9. The molecule has 1 heterocycles. The first-order valence-corrected chi connectivity index (χ1v) is 9.52. The molecule has 0 aromatic carbocycles. The Balaban J connectivity index is 0.00000324. The Kier molecular flexibility index (Phi) is 8.47. The third kappa shape index (κ3) is 5.89. The van der Waals surface area contributed by atoms with Crippen molar-refractivity contribution in [2.75, 3.05) is 6.61 Å². The van der Waals surface area contributed by atoms with Gasteiger partial charge in [0, 0.05) is 50.2 Å². The summed E-state index contributed by atoms with van der Waals surface area (Å²) in [5.74, 6) is -0.129. The van der Waals surface area contributed by atoms with E-state index in [4.69, 9.17) is 13.9 Å². The number of rotatable bonds is 5. The predicted molar refractivity (Wildman–Crippen MR) is 72.4 cm³/mol. The molecule has 0 radical (unpaired) electrons. The van der Waals surface area contributed by atoms with Crippen LogP contribution in [0.25, 0.3) is 0 Å². The Hall–Kier alpha value is 0.659. The molecule has 1 rings (SSSR count). The second-order valence-corrected chi connectivity index (χ2v) is 10.5. The number of esters is 1. The van der Waals surface area contributed by atoms with Gasteiger partial charge in [-0.25, -0.2) is 0 Å². The predicted octanol–water partition coefficient (Wildman–Crippen LogP) is 2.75. The van der Waals surface area contributed by atoms with Gasteiger partial charge in [-0.15, -0.1) is 0 Å². The van der Waals surface area contributed by atoms with Crippen molar-refractivity contribution in [2.45, 2.75) is 58.5 Å². The molecule has 1 aliphatic heterocycles. The molecular weight excluding hydrogens is 486 g/mol. The van der Waals surface area contributed by atoms with Gasteiger partial charge in [-0.05, 0) is 24.6 Å². The summed E-state index contributed by atoms with van der Waals surface area (Å²) < 4.78 is 16.8. The molecule has 3 unspecified atom stereocenters. The molecule has 0 spiro atoms. The first kappa shape index (κ1) is 19.7. The molecule has 0 aromatic heterocycles. The smallest absolute Gasteiger partial charge is 0.300 e. The van der Waals surface area contributed by atoms with Crippen molar-refractivity contribution in [3.63, 3.8) is 0 Å². The molecule has 0 amide bonds. The fraction of sp³-hybridized carbons (Fsp3) is 0.846. The minimum atomic E-state index is -1.63. The maximum Gasteiger partial charge on any atom is 0.300 e. The van der Waals surface area contributed by atoms with Crippen LogP contribution in [0.3, 0.4) is 0 Å². The summed E-state index contributed by atoms with van der Waals surface area (Å²) in [4.78, 5) is 10.9. The molecule has 0 saturated carbocycles. The third-order valence-corrected chi connectivity index (χ3v) is 7.50. The second-order valence-electron chi connectivity index (χ2n) is 5.81. The minimum absolute atomic E-state index is 0. The van der Waals surface area contributed by atoms with E-state index in [1.165, 1.54) is 6.92 Å². The van der Waals surface area contributed by atoms with Crippen LogP contribution in [0.5, 0.6) is 0 Å². The molecule has 0 aliphatic carbocycles. The summed E-state index contributed by atoms with van der Waals surface area (Å²) >= 11 is 0. The monoisotopic (exact) mass is 511 g/mol. The number of hydrogen-bond acceptors (Lipinski definition) is 4. The largest absolute Gasteiger partial charge is 0.544 e. The average molecular weight is 511 g/mol. The summed E-state index contributed by atoms with van der Waals surface area (Å²) in [7, 11) is -1.63. The van der Waals surface area contributed by atoms with Gasteiger partial charge < -0.3 is 13.9 Å². The molecular formula is C13H25O4SiU-. The van der Waals surface area contributed by atoms with Crippen LogP contribution in [-0.2, 0) is 18.7 Å². The zero-order valence-corrected chi connectivity index (χ0v) is 17.9. The number of ether oxygens (including phenoxy) is 2. The summed E-state index contributed by atoms with van der Waals surface area (Å²) in [6.45, 7) is 14.4. The van der Waals surface area contributed by atoms with Crippen LogP contribution in [0.15, 0.2) is 0 Å². The van der Waals surface area contributed by atoms with E-state index in [-0.39, 0.29) is 55.2 Å². The van der Waals surface area contributed by atoms with Crippen LogP contribution >= 0.6 is 0 Å². The minimum Gasteiger partial charge on any atom is -0.544 e. The Bertz CT molecular complexity index is 296. The van der Waals surface area contributed by atoms with Crippen LogP contribution in [0.2, 0.25) is 18.6 Å². The van der Waals surface area contributed by atoms with Crippen molar-refractivity contribution in [1.29, 1.82) is 0 Å². The fourth-order valence-corrected chi connectivity index (χ4v) is 2.55. The Morgan fingerprint density at radius 3 is 2.47 bits per heavy atom. The van der Waals surface area contributed by atoms with Gasteiger partial charge in [0.2, 0.25) is 0 Å². The Morgan fingerprint density at radius 1 is 1.42 bits per heavy atom. The molecule has 19 heavy (non-hydrogen) atoms. The normalized spacial score (nSPS) is 27.2. The average Bonchev–Trinajstić information content (AvgIpc) is 2.57. The van der Waals surface area contributed by atoms with Gasteiger partial charge in [-0.1, -0.05) is 20.8 Å². The number of carbonyl (C=O) groups excluding carboxylic acids is 1. The van der Waals surface area contributed by atoms with Gasteiger partial charge in [0.05, 0.1) is 6.61 Å². The standard InChI is InChI=1S/C13H25O4Si.U/c1-9(2)18(5,6)16-8-12-10(3)13(7-15-12)17-11(4)14;/h7,9-10,12-13H,8H2,1-6H3;/q-1;. The van der Waals surface area contributed by atoms with E-state index in [9.17, 15) is 4.79 Å². The molecule has 110 valence electrons. The van der Waals surface area contributed by atoms with E-state index in [1.807, 2.05) is 6.92 Å². The van der Waals surface area contributed by atoms with Crippen molar-refractivity contribution in [3.05, 3.63) is 6.61 Å². The summed E-state index contributed by atoms with van der Waals surface area (Å²) in [5, 5.41) is 0. The Labute approximate surface area is 141 Å². The number of carbonyl (C=O) groups is 1. The molecule has 0 bridgehead atoms. The molecule has 1 aliphatic rings. The molecule has 4 nitrogen and oxygen atoms in total. The molecule has 3 atom stereocenters. The maximum atomic E-state index is 10.9. The van der Waals surface area contributed by atoms with E-state index in [2.05, 4.69) is 26.9 Å². The molecule has 6 heteroatoms. The van der Waals surface area contributed by atoms with Crippen molar-refractivity contribution in [1.82, 2.24) is 0 Å². The maximum absolute atomic E-state index is 10.9. The van der Waals surface area contributed by atoms with E-state index >= 15 is 0 Å². The van der Waals surface area contributed by atoms with Gasteiger partial charge in [0.25, 0.3) is 5.97 Å². The van der Waals surface area contributed by atoms with E-state index in [0.717, 1.165) is 0 Å². The van der Waals surface area contributed by atoms with Crippen LogP contribution in [0, 0.1) is 43.6 Å². The summed E-state index contributed by atoms with van der Waals surface area (Å²) in [6.07, 6.45) is -0.264. The van der Waals surface area contributed by atoms with Crippen molar-refractivity contribution >= 4 is 14.3 Å². The fourth-order valence-electron chi connectivity index (χ4n) is 1.62. The van der Waals surface area contributed by atoms with Crippen molar-refractivity contribution < 1.29 is 49.8 Å². The van der Waals surface area contributed by atoms with Gasteiger partial charge in [-0.3, -0.25) is 4.79 Å². The van der Waals surface area contributed by atoms with Gasteiger partial charge in [0.15, 0.2) is 8.32 Å². The number of hydrogen-bond donors (Lipinski definition) is 0. The summed E-state index contributed by atoms with van der Waals surface area (Å²) in [5.41, 5.74) is 0.572. The quantitative estimate of drug-likeness (QED) is 0.324. The summed E-state index contributed by atoms with van der Waals surface area (Å²) in [6, 6.07) is 0. The second kappa shape index (κ2) is 8.19. The van der Waals surface area contributed by atoms with Crippen molar-refractivity contribution in [3.8, 4) is 0 Å². The topological polar surface area (TPSA) is 44.8 Å². The van der Waals surface area contributed by atoms with E-state index in [0.29, 0.717) is 12.1 Å². The molecule has 0 N–H and O–H groups in total. The van der Waals surface area contributed by atoms with Gasteiger partial charge in [-0.2, -0.15) is 6.61 Å². The first-order valence-electron chi connectivity index (χ1n) is 6.54. The SMILES string of the molecule is CC(=O)OC1[CH-]OC(CO[Si](C)(C)C(C)C)C1C.[U].